The molecule has 2 N–H and O–H groups in total. The predicted molar refractivity (Wildman–Crippen MR) is 128 cm³/mol. The van der Waals surface area contributed by atoms with Crippen LogP contribution in [0.25, 0.3) is 0 Å². The number of nitrogens with zero attached hydrogens (tertiary/aromatic N) is 2. The molecule has 9 heteroatoms. The minimum Gasteiger partial charge on any atom is -0.457 e. The number of likely N-dealkylation sites (tertiary alicyclic amines) is 1. The Kier molecular flexibility index (Phi) is 7.99. The predicted octanol–water partition coefficient (Wildman–Crippen LogP) is 1.48. The lowest BCUT2D eigenvalue weighted by Gasteiger charge is -2.38. The molecule has 0 unspecified atom stereocenters. The summed E-state index contributed by atoms with van der Waals surface area (Å²) >= 11 is 0. The highest BCUT2D eigenvalue weighted by Gasteiger charge is 2.33. The van der Waals surface area contributed by atoms with Crippen molar-refractivity contribution in [2.24, 2.45) is 0 Å². The maximum absolute atomic E-state index is 12.8. The van der Waals surface area contributed by atoms with Crippen molar-refractivity contribution in [2.45, 2.75) is 38.0 Å². The number of piperidine rings is 1. The number of carbonyl (C=O) groups excluding carboxylic acids is 3. The number of fused-ring (bicyclic) bond motifs is 5. The lowest BCUT2D eigenvalue weighted by molar-refractivity contribution is -0.140. The molecule has 2 aliphatic rings. The summed E-state index contributed by atoms with van der Waals surface area (Å²) in [6, 6.07) is 14.8. The van der Waals surface area contributed by atoms with Crippen LogP contribution in [-0.4, -0.2) is 78.1 Å². The fourth-order valence-corrected chi connectivity index (χ4v) is 4.40. The van der Waals surface area contributed by atoms with Gasteiger partial charge in [0.1, 0.15) is 18.1 Å². The fraction of sp³-hybridized carbons (Fsp3) is 0.423. The number of rotatable bonds is 1. The summed E-state index contributed by atoms with van der Waals surface area (Å²) in [7, 11) is 1.60. The van der Waals surface area contributed by atoms with E-state index in [4.69, 9.17) is 9.47 Å². The van der Waals surface area contributed by atoms with Gasteiger partial charge < -0.3 is 29.7 Å². The van der Waals surface area contributed by atoms with Gasteiger partial charge in [-0.2, -0.15) is 0 Å². The van der Waals surface area contributed by atoms with Gasteiger partial charge in [-0.1, -0.05) is 24.3 Å². The first kappa shape index (κ1) is 24.7. The van der Waals surface area contributed by atoms with Crippen LogP contribution in [0, 0.1) is 0 Å². The molecule has 9 nitrogen and oxygen atoms in total. The number of hydrogen-bond donors (Lipinski definition) is 2. The molecule has 0 aliphatic carbocycles. The van der Waals surface area contributed by atoms with Crippen LogP contribution in [0.15, 0.2) is 48.5 Å². The third-order valence-corrected chi connectivity index (χ3v) is 6.31. The van der Waals surface area contributed by atoms with E-state index in [9.17, 15) is 19.5 Å². The monoisotopic (exact) mass is 481 g/mol. The SMILES string of the molecule is CN1CC(=O)N[C@H]2CN(C(=O)CO)CC[C@H]2OCc2cccc(c2)Oc2cccc(c2)CCC1=O. The van der Waals surface area contributed by atoms with Crippen molar-refractivity contribution in [3.8, 4) is 11.5 Å². The summed E-state index contributed by atoms with van der Waals surface area (Å²) in [6.07, 6.45) is 0.965. The number of hydrogen-bond acceptors (Lipinski definition) is 6. The first-order chi connectivity index (χ1) is 16.9. The minimum absolute atomic E-state index is 0.0960. The zero-order chi connectivity index (χ0) is 24.8. The quantitative estimate of drug-likeness (QED) is 0.639. The fourth-order valence-electron chi connectivity index (χ4n) is 4.40. The zero-order valence-corrected chi connectivity index (χ0v) is 19.8. The van der Waals surface area contributed by atoms with Gasteiger partial charge >= 0.3 is 0 Å². The largest absolute Gasteiger partial charge is 0.457 e. The Morgan fingerprint density at radius 1 is 1.09 bits per heavy atom. The maximum atomic E-state index is 12.8. The van der Waals surface area contributed by atoms with Crippen LogP contribution >= 0.6 is 0 Å². The number of nitrogens with one attached hydrogen (secondary N) is 1. The van der Waals surface area contributed by atoms with Gasteiger partial charge in [-0.05, 0) is 48.2 Å². The van der Waals surface area contributed by atoms with Gasteiger partial charge in [0.2, 0.25) is 17.7 Å². The van der Waals surface area contributed by atoms with Crippen LogP contribution in [0.1, 0.15) is 24.0 Å². The van der Waals surface area contributed by atoms with Crippen LogP contribution < -0.4 is 10.1 Å². The first-order valence-corrected chi connectivity index (χ1v) is 11.8. The van der Waals surface area contributed by atoms with E-state index in [0.717, 1.165) is 11.1 Å². The van der Waals surface area contributed by atoms with Gasteiger partial charge in [-0.3, -0.25) is 14.4 Å². The van der Waals surface area contributed by atoms with Crippen LogP contribution in [0.2, 0.25) is 0 Å². The van der Waals surface area contributed by atoms with Gasteiger partial charge in [0.25, 0.3) is 0 Å². The van der Waals surface area contributed by atoms with Crippen molar-refractivity contribution in [1.82, 2.24) is 15.1 Å². The van der Waals surface area contributed by atoms with Gasteiger partial charge in [0.05, 0.1) is 25.3 Å². The van der Waals surface area contributed by atoms with E-state index in [-0.39, 0.29) is 37.4 Å². The van der Waals surface area contributed by atoms with E-state index in [0.29, 0.717) is 37.5 Å². The summed E-state index contributed by atoms with van der Waals surface area (Å²) in [5.41, 5.74) is 1.89. The Hall–Kier alpha value is -3.43. The van der Waals surface area contributed by atoms with Crippen molar-refractivity contribution < 1.29 is 29.0 Å². The Morgan fingerprint density at radius 3 is 2.54 bits per heavy atom. The first-order valence-electron chi connectivity index (χ1n) is 11.8. The number of ether oxygens (including phenoxy) is 2. The van der Waals surface area contributed by atoms with E-state index in [1.165, 1.54) is 9.80 Å². The third-order valence-electron chi connectivity index (χ3n) is 6.31. The molecule has 0 radical (unpaired) electrons. The van der Waals surface area contributed by atoms with Gasteiger partial charge in [-0.15, -0.1) is 0 Å². The van der Waals surface area contributed by atoms with Crippen molar-refractivity contribution in [3.63, 3.8) is 0 Å². The molecule has 35 heavy (non-hydrogen) atoms. The molecule has 0 aromatic heterocycles. The van der Waals surface area contributed by atoms with E-state index in [1.54, 1.807) is 7.05 Å². The van der Waals surface area contributed by atoms with Gasteiger partial charge in [0.15, 0.2) is 0 Å². The lowest BCUT2D eigenvalue weighted by atomic mass is 10.0. The van der Waals surface area contributed by atoms with Crippen molar-refractivity contribution >= 4 is 17.7 Å². The minimum atomic E-state index is -0.585. The number of benzene rings is 2. The second-order valence-corrected chi connectivity index (χ2v) is 8.96. The molecule has 2 heterocycles. The van der Waals surface area contributed by atoms with Crippen LogP contribution in [0.3, 0.4) is 0 Å². The normalized spacial score (nSPS) is 21.8. The maximum Gasteiger partial charge on any atom is 0.248 e. The number of amides is 3. The molecule has 3 amide bonds. The molecule has 2 aromatic carbocycles. The molecule has 2 atom stereocenters. The van der Waals surface area contributed by atoms with Crippen molar-refractivity contribution in [3.05, 3.63) is 59.7 Å². The summed E-state index contributed by atoms with van der Waals surface area (Å²) in [4.78, 5) is 40.4. The average Bonchev–Trinajstić information content (AvgIpc) is 2.85. The lowest BCUT2D eigenvalue weighted by Crippen LogP contribution is -2.58. The van der Waals surface area contributed by atoms with Crippen molar-refractivity contribution in [1.29, 1.82) is 0 Å². The van der Waals surface area contributed by atoms with Gasteiger partial charge in [0, 0.05) is 26.6 Å². The number of aliphatic hydroxyl groups is 1. The summed E-state index contributed by atoms with van der Waals surface area (Å²) in [5, 5.41) is 12.2. The Balaban J connectivity index is 1.57. The molecule has 1 saturated heterocycles. The number of aryl methyl sites for hydroxylation is 1. The molecule has 1 fully saturated rings. The highest BCUT2D eigenvalue weighted by Crippen LogP contribution is 2.25. The molecular weight excluding hydrogens is 450 g/mol. The second kappa shape index (κ2) is 11.3. The number of aliphatic hydroxyl groups excluding tert-OH is 1. The van der Waals surface area contributed by atoms with E-state index in [1.807, 2.05) is 48.5 Å². The third kappa shape index (κ3) is 6.58. The van der Waals surface area contributed by atoms with E-state index < -0.39 is 18.6 Å². The second-order valence-electron chi connectivity index (χ2n) is 8.96. The molecule has 4 bridgehead atoms. The molecule has 186 valence electrons. The molecule has 4 rings (SSSR count). The summed E-state index contributed by atoms with van der Waals surface area (Å²) in [6.45, 7) is 0.277. The molecule has 2 aliphatic heterocycles. The molecule has 0 saturated carbocycles. The molecule has 2 aromatic rings. The van der Waals surface area contributed by atoms with Crippen molar-refractivity contribution in [2.75, 3.05) is 33.3 Å². The van der Waals surface area contributed by atoms with Crippen LogP contribution in [0.5, 0.6) is 11.5 Å². The topological polar surface area (TPSA) is 108 Å². The zero-order valence-electron chi connectivity index (χ0n) is 19.8. The number of carbonyl (C=O) groups is 3. The van der Waals surface area contributed by atoms with E-state index >= 15 is 0 Å². The highest BCUT2D eigenvalue weighted by molar-refractivity contribution is 5.85. The molecule has 0 spiro atoms. The highest BCUT2D eigenvalue weighted by atomic mass is 16.5. The van der Waals surface area contributed by atoms with Gasteiger partial charge in [-0.25, -0.2) is 0 Å². The number of likely N-dealkylation sites (N-methyl/N-ethyl adjacent to an activating group) is 1. The smallest absolute Gasteiger partial charge is 0.248 e. The van der Waals surface area contributed by atoms with Crippen LogP contribution in [0.4, 0.5) is 0 Å². The summed E-state index contributed by atoms with van der Waals surface area (Å²) < 4.78 is 12.2. The Bertz CT molecular complexity index is 1070. The Morgan fingerprint density at radius 2 is 1.80 bits per heavy atom. The summed E-state index contributed by atoms with van der Waals surface area (Å²) in [5.74, 6) is 0.499. The molecular formula is C26H31N3O6. The Labute approximate surface area is 204 Å². The standard InChI is InChI=1S/C26H31N3O6/c1-28-15-24(31)27-22-14-29(26(33)16-30)11-10-23(22)34-17-19-5-3-7-21(13-19)35-20-6-2-4-18(12-20)8-9-25(28)32/h2-7,12-13,22-23,30H,8-11,14-17H2,1H3,(H,27,31)/t22-,23+/m0/s1. The average molecular weight is 482 g/mol. The van der Waals surface area contributed by atoms with Crippen LogP contribution in [-0.2, 0) is 32.1 Å². The van der Waals surface area contributed by atoms with E-state index in [2.05, 4.69) is 5.32 Å².